The monoisotopic (exact) mass is 173 g/mol. The summed E-state index contributed by atoms with van der Waals surface area (Å²) in [4.78, 5) is 1.97. The SMILES string of the molecule is CN(C)c1nncc2ccccc12. The maximum atomic E-state index is 4.08. The third-order valence-corrected chi connectivity index (χ3v) is 1.97. The van der Waals surface area contributed by atoms with Crippen LogP contribution in [-0.4, -0.2) is 24.3 Å². The van der Waals surface area contributed by atoms with E-state index < -0.39 is 0 Å². The Morgan fingerprint density at radius 3 is 2.69 bits per heavy atom. The van der Waals surface area contributed by atoms with Crippen LogP contribution in [0.5, 0.6) is 0 Å². The summed E-state index contributed by atoms with van der Waals surface area (Å²) in [5, 5.41) is 10.3. The second-order valence-corrected chi connectivity index (χ2v) is 3.15. The number of aromatic nitrogens is 2. The van der Waals surface area contributed by atoms with Crippen molar-refractivity contribution >= 4 is 16.6 Å². The molecule has 0 spiro atoms. The van der Waals surface area contributed by atoms with Crippen LogP contribution in [0, 0.1) is 0 Å². The summed E-state index contributed by atoms with van der Waals surface area (Å²) in [7, 11) is 3.94. The van der Waals surface area contributed by atoms with E-state index in [1.807, 2.05) is 37.2 Å². The van der Waals surface area contributed by atoms with Gasteiger partial charge >= 0.3 is 0 Å². The summed E-state index contributed by atoms with van der Waals surface area (Å²) in [6, 6.07) is 8.11. The Kier molecular flexibility index (Phi) is 1.85. The number of hydrogen-bond donors (Lipinski definition) is 0. The standard InChI is InChI=1S/C10H11N3/c1-13(2)10-9-6-4-3-5-8(9)7-11-12-10/h3-7H,1-2H3. The Morgan fingerprint density at radius 2 is 1.92 bits per heavy atom. The minimum absolute atomic E-state index is 0.915. The molecule has 0 aliphatic carbocycles. The number of anilines is 1. The molecule has 1 aromatic heterocycles. The van der Waals surface area contributed by atoms with Gasteiger partial charge in [-0.2, -0.15) is 5.10 Å². The molecule has 1 aromatic carbocycles. The molecule has 1 heterocycles. The molecule has 3 heteroatoms. The summed E-state index contributed by atoms with van der Waals surface area (Å²) in [6.07, 6.45) is 1.78. The number of hydrogen-bond acceptors (Lipinski definition) is 3. The Labute approximate surface area is 77.0 Å². The van der Waals surface area contributed by atoms with E-state index in [4.69, 9.17) is 0 Å². The molecule has 0 fully saturated rings. The molecule has 0 atom stereocenters. The molecule has 0 radical (unpaired) electrons. The lowest BCUT2D eigenvalue weighted by Gasteiger charge is -2.12. The smallest absolute Gasteiger partial charge is 0.158 e. The van der Waals surface area contributed by atoms with E-state index in [2.05, 4.69) is 16.3 Å². The lowest BCUT2D eigenvalue weighted by molar-refractivity contribution is 0.981. The fourth-order valence-corrected chi connectivity index (χ4v) is 1.34. The Balaban J connectivity index is 2.76. The normalized spacial score (nSPS) is 10.3. The topological polar surface area (TPSA) is 29.0 Å². The van der Waals surface area contributed by atoms with Gasteiger partial charge in [0.1, 0.15) is 0 Å². The fourth-order valence-electron chi connectivity index (χ4n) is 1.34. The minimum Gasteiger partial charge on any atom is -0.361 e. The van der Waals surface area contributed by atoms with Crippen molar-refractivity contribution in [1.29, 1.82) is 0 Å². The first kappa shape index (κ1) is 7.98. The Hall–Kier alpha value is -1.64. The zero-order chi connectivity index (χ0) is 9.26. The summed E-state index contributed by atoms with van der Waals surface area (Å²) in [5.41, 5.74) is 0. The van der Waals surface area contributed by atoms with Crippen molar-refractivity contribution in [3.63, 3.8) is 0 Å². The molecule has 0 unspecified atom stereocenters. The first-order valence-corrected chi connectivity index (χ1v) is 4.17. The van der Waals surface area contributed by atoms with Gasteiger partial charge in [-0.1, -0.05) is 24.3 Å². The summed E-state index contributed by atoms with van der Waals surface area (Å²) < 4.78 is 0. The van der Waals surface area contributed by atoms with E-state index in [0.717, 1.165) is 16.6 Å². The quantitative estimate of drug-likeness (QED) is 0.657. The van der Waals surface area contributed by atoms with Gasteiger partial charge in [0, 0.05) is 24.9 Å². The summed E-state index contributed by atoms with van der Waals surface area (Å²) in [5.74, 6) is 0.915. The van der Waals surface area contributed by atoms with Crippen molar-refractivity contribution in [3.8, 4) is 0 Å². The van der Waals surface area contributed by atoms with Gasteiger partial charge in [-0.3, -0.25) is 0 Å². The van der Waals surface area contributed by atoms with Crippen molar-refractivity contribution in [3.05, 3.63) is 30.5 Å². The summed E-state index contributed by atoms with van der Waals surface area (Å²) in [6.45, 7) is 0. The van der Waals surface area contributed by atoms with Crippen molar-refractivity contribution in [2.45, 2.75) is 0 Å². The van der Waals surface area contributed by atoms with Gasteiger partial charge in [-0.25, -0.2) is 0 Å². The highest BCUT2D eigenvalue weighted by Gasteiger charge is 2.03. The highest BCUT2D eigenvalue weighted by molar-refractivity contribution is 5.91. The molecule has 0 aliphatic rings. The number of nitrogens with zero attached hydrogens (tertiary/aromatic N) is 3. The maximum Gasteiger partial charge on any atom is 0.158 e. The van der Waals surface area contributed by atoms with Crippen LogP contribution < -0.4 is 4.90 Å². The zero-order valence-corrected chi connectivity index (χ0v) is 7.73. The molecule has 66 valence electrons. The van der Waals surface area contributed by atoms with E-state index >= 15 is 0 Å². The Morgan fingerprint density at radius 1 is 1.15 bits per heavy atom. The lowest BCUT2D eigenvalue weighted by atomic mass is 10.2. The number of fused-ring (bicyclic) bond motifs is 1. The van der Waals surface area contributed by atoms with Crippen molar-refractivity contribution in [1.82, 2.24) is 10.2 Å². The maximum absolute atomic E-state index is 4.08. The molecule has 13 heavy (non-hydrogen) atoms. The highest BCUT2D eigenvalue weighted by Crippen LogP contribution is 2.20. The predicted molar refractivity (Wildman–Crippen MR) is 53.9 cm³/mol. The van der Waals surface area contributed by atoms with E-state index in [-0.39, 0.29) is 0 Å². The molecule has 2 rings (SSSR count). The van der Waals surface area contributed by atoms with Crippen molar-refractivity contribution in [2.75, 3.05) is 19.0 Å². The van der Waals surface area contributed by atoms with Crippen LogP contribution in [-0.2, 0) is 0 Å². The van der Waals surface area contributed by atoms with Crippen LogP contribution in [0.2, 0.25) is 0 Å². The van der Waals surface area contributed by atoms with Gasteiger partial charge < -0.3 is 4.90 Å². The van der Waals surface area contributed by atoms with E-state index in [1.165, 1.54) is 0 Å². The van der Waals surface area contributed by atoms with E-state index in [9.17, 15) is 0 Å². The van der Waals surface area contributed by atoms with Crippen molar-refractivity contribution < 1.29 is 0 Å². The predicted octanol–water partition coefficient (Wildman–Crippen LogP) is 1.70. The molecular formula is C10H11N3. The van der Waals surface area contributed by atoms with Gasteiger partial charge in [0.2, 0.25) is 0 Å². The van der Waals surface area contributed by atoms with Crippen LogP contribution in [0.25, 0.3) is 10.8 Å². The first-order valence-electron chi connectivity index (χ1n) is 4.17. The average molecular weight is 173 g/mol. The fraction of sp³-hybridized carbons (Fsp3) is 0.200. The molecule has 3 nitrogen and oxygen atoms in total. The minimum atomic E-state index is 0.915. The molecule has 0 aliphatic heterocycles. The second-order valence-electron chi connectivity index (χ2n) is 3.15. The molecule has 0 bridgehead atoms. The Bertz CT molecular complexity index is 418. The molecular weight excluding hydrogens is 162 g/mol. The van der Waals surface area contributed by atoms with Crippen molar-refractivity contribution in [2.24, 2.45) is 0 Å². The molecule has 0 saturated carbocycles. The van der Waals surface area contributed by atoms with Crippen LogP contribution in [0.15, 0.2) is 30.5 Å². The molecule has 2 aromatic rings. The van der Waals surface area contributed by atoms with Crippen LogP contribution >= 0.6 is 0 Å². The van der Waals surface area contributed by atoms with Crippen LogP contribution in [0.4, 0.5) is 5.82 Å². The number of rotatable bonds is 1. The third kappa shape index (κ3) is 1.33. The zero-order valence-electron chi connectivity index (χ0n) is 7.73. The van der Waals surface area contributed by atoms with Crippen LogP contribution in [0.3, 0.4) is 0 Å². The van der Waals surface area contributed by atoms with Gasteiger partial charge in [0.25, 0.3) is 0 Å². The third-order valence-electron chi connectivity index (χ3n) is 1.97. The first-order chi connectivity index (χ1) is 6.29. The van der Waals surface area contributed by atoms with Gasteiger partial charge in [0.05, 0.1) is 6.20 Å². The van der Waals surface area contributed by atoms with E-state index in [1.54, 1.807) is 6.20 Å². The van der Waals surface area contributed by atoms with Crippen LogP contribution in [0.1, 0.15) is 0 Å². The molecule has 0 N–H and O–H groups in total. The van der Waals surface area contributed by atoms with Gasteiger partial charge in [-0.15, -0.1) is 5.10 Å². The number of benzene rings is 1. The highest BCUT2D eigenvalue weighted by atomic mass is 15.2. The van der Waals surface area contributed by atoms with Gasteiger partial charge in [0.15, 0.2) is 5.82 Å². The van der Waals surface area contributed by atoms with E-state index in [0.29, 0.717) is 0 Å². The second kappa shape index (κ2) is 3.01. The summed E-state index contributed by atoms with van der Waals surface area (Å²) >= 11 is 0. The lowest BCUT2D eigenvalue weighted by Crippen LogP contribution is -2.11. The average Bonchev–Trinajstić information content (AvgIpc) is 2.17. The van der Waals surface area contributed by atoms with Gasteiger partial charge in [-0.05, 0) is 0 Å². The molecule has 0 amide bonds. The largest absolute Gasteiger partial charge is 0.361 e. The molecule has 0 saturated heterocycles.